The Labute approximate surface area is 195 Å². The number of amides is 1. The van der Waals surface area contributed by atoms with Crippen molar-refractivity contribution in [1.82, 2.24) is 15.0 Å². The summed E-state index contributed by atoms with van der Waals surface area (Å²) in [4.78, 5) is 19.7. The highest BCUT2D eigenvalue weighted by Crippen LogP contribution is 2.27. The molecular formula is C24H32N4O4S. The van der Waals surface area contributed by atoms with Crippen LogP contribution in [0.4, 0.5) is 5.82 Å². The number of benzene rings is 1. The van der Waals surface area contributed by atoms with Gasteiger partial charge in [-0.25, -0.2) is 18.1 Å². The number of hydrogen-bond donors (Lipinski definition) is 2. The van der Waals surface area contributed by atoms with Crippen LogP contribution in [0.1, 0.15) is 60.9 Å². The van der Waals surface area contributed by atoms with Gasteiger partial charge in [-0.1, -0.05) is 18.9 Å². The van der Waals surface area contributed by atoms with Crippen LogP contribution < -0.4 is 19.7 Å². The summed E-state index contributed by atoms with van der Waals surface area (Å²) in [5, 5.41) is 2.92. The van der Waals surface area contributed by atoms with Crippen LogP contribution in [0.2, 0.25) is 0 Å². The number of sulfonamides is 1. The molecule has 1 saturated carbocycles. The van der Waals surface area contributed by atoms with Gasteiger partial charge in [0.05, 0.1) is 7.11 Å². The fourth-order valence-electron chi connectivity index (χ4n) is 4.59. The van der Waals surface area contributed by atoms with Crippen molar-refractivity contribution in [1.29, 1.82) is 0 Å². The molecule has 2 aromatic rings. The second-order valence-corrected chi connectivity index (χ2v) is 10.4. The van der Waals surface area contributed by atoms with Crippen molar-refractivity contribution in [2.75, 3.05) is 25.1 Å². The number of hydrogen-bond acceptors (Lipinski definition) is 6. The fourth-order valence-corrected chi connectivity index (χ4v) is 6.09. The molecule has 0 radical (unpaired) electrons. The highest BCUT2D eigenvalue weighted by atomic mass is 32.2. The van der Waals surface area contributed by atoms with E-state index < -0.39 is 10.0 Å². The molecule has 0 atom stereocenters. The Morgan fingerprint density at radius 1 is 1.12 bits per heavy atom. The van der Waals surface area contributed by atoms with E-state index >= 15 is 0 Å². The highest BCUT2D eigenvalue weighted by Gasteiger charge is 2.26. The first-order chi connectivity index (χ1) is 16.0. The maximum Gasteiger partial charge on any atom is 0.251 e. The molecule has 0 spiro atoms. The van der Waals surface area contributed by atoms with Crippen molar-refractivity contribution < 1.29 is 17.9 Å². The first-order valence-electron chi connectivity index (χ1n) is 11.7. The summed E-state index contributed by atoms with van der Waals surface area (Å²) in [6, 6.07) is 8.25. The Morgan fingerprint density at radius 3 is 2.61 bits per heavy atom. The minimum atomic E-state index is -3.80. The molecule has 0 unspecified atom stereocenters. The minimum Gasteiger partial charge on any atom is -0.495 e. The molecule has 178 valence electrons. The lowest BCUT2D eigenvalue weighted by Crippen LogP contribution is -2.33. The van der Waals surface area contributed by atoms with Gasteiger partial charge in [0, 0.05) is 43.0 Å². The molecule has 0 bridgehead atoms. The topological polar surface area (TPSA) is 101 Å². The number of ether oxygens (including phenoxy) is 1. The molecule has 2 heterocycles. The second-order valence-electron chi connectivity index (χ2n) is 8.68. The lowest BCUT2D eigenvalue weighted by Gasteiger charge is -2.29. The van der Waals surface area contributed by atoms with Gasteiger partial charge in [-0.05, 0) is 56.4 Å². The van der Waals surface area contributed by atoms with E-state index in [0.29, 0.717) is 6.54 Å². The van der Waals surface area contributed by atoms with Crippen LogP contribution in [-0.2, 0) is 16.6 Å². The largest absolute Gasteiger partial charge is 0.495 e. The van der Waals surface area contributed by atoms with Gasteiger partial charge in [0.15, 0.2) is 0 Å². The Morgan fingerprint density at radius 2 is 1.88 bits per heavy atom. The van der Waals surface area contributed by atoms with Crippen molar-refractivity contribution in [2.24, 2.45) is 0 Å². The average molecular weight is 473 g/mol. The molecule has 4 rings (SSSR count). The van der Waals surface area contributed by atoms with Crippen LogP contribution in [0.5, 0.6) is 5.75 Å². The molecule has 2 aliphatic rings. The Bertz CT molecular complexity index is 1080. The van der Waals surface area contributed by atoms with E-state index in [-0.39, 0.29) is 28.2 Å². The molecule has 1 aliphatic carbocycles. The van der Waals surface area contributed by atoms with Crippen LogP contribution in [0.25, 0.3) is 0 Å². The molecule has 1 saturated heterocycles. The second kappa shape index (κ2) is 10.5. The standard InChI is InChI=1S/C24H32N4O4S/c1-32-21-12-11-18(16-22(21)33(30,31)27-20-9-3-4-10-20)24(29)26-17-19-8-7-13-25-23(19)28-14-5-2-6-15-28/h7-8,11-13,16,20,27H,2-6,9-10,14-15,17H2,1H3,(H,26,29). The summed E-state index contributed by atoms with van der Waals surface area (Å²) < 4.78 is 34.0. The average Bonchev–Trinajstić information content (AvgIpc) is 3.35. The Hall–Kier alpha value is -2.65. The Balaban J connectivity index is 1.49. The van der Waals surface area contributed by atoms with Gasteiger partial charge in [-0.15, -0.1) is 0 Å². The van der Waals surface area contributed by atoms with E-state index in [1.165, 1.54) is 25.7 Å². The third-order valence-electron chi connectivity index (χ3n) is 6.35. The van der Waals surface area contributed by atoms with Gasteiger partial charge in [-0.2, -0.15) is 0 Å². The molecule has 1 aromatic carbocycles. The van der Waals surface area contributed by atoms with Crippen LogP contribution >= 0.6 is 0 Å². The van der Waals surface area contributed by atoms with Crippen molar-refractivity contribution in [3.8, 4) is 5.75 Å². The van der Waals surface area contributed by atoms with E-state index in [0.717, 1.165) is 63.0 Å². The number of nitrogens with zero attached hydrogens (tertiary/aromatic N) is 2. The van der Waals surface area contributed by atoms with Crippen LogP contribution in [-0.4, -0.2) is 45.6 Å². The smallest absolute Gasteiger partial charge is 0.251 e. The lowest BCUT2D eigenvalue weighted by molar-refractivity contribution is 0.0950. The highest BCUT2D eigenvalue weighted by molar-refractivity contribution is 7.89. The van der Waals surface area contributed by atoms with Gasteiger partial charge >= 0.3 is 0 Å². The molecule has 2 N–H and O–H groups in total. The molecule has 9 heteroatoms. The summed E-state index contributed by atoms with van der Waals surface area (Å²) in [5.74, 6) is 0.774. The summed E-state index contributed by atoms with van der Waals surface area (Å²) in [7, 11) is -2.38. The third kappa shape index (κ3) is 5.65. The van der Waals surface area contributed by atoms with Gasteiger partial charge in [0.2, 0.25) is 10.0 Å². The van der Waals surface area contributed by atoms with E-state index in [4.69, 9.17) is 4.74 Å². The number of nitrogens with one attached hydrogen (secondary N) is 2. The van der Waals surface area contributed by atoms with Crippen molar-refractivity contribution in [3.05, 3.63) is 47.7 Å². The predicted molar refractivity (Wildman–Crippen MR) is 127 cm³/mol. The minimum absolute atomic E-state index is 0.0140. The molecule has 2 fully saturated rings. The number of carbonyl (C=O) groups excluding carboxylic acids is 1. The quantitative estimate of drug-likeness (QED) is 0.612. The van der Waals surface area contributed by atoms with E-state index in [1.54, 1.807) is 12.3 Å². The number of anilines is 1. The van der Waals surface area contributed by atoms with Crippen molar-refractivity contribution >= 4 is 21.7 Å². The van der Waals surface area contributed by atoms with Crippen LogP contribution in [0.15, 0.2) is 41.4 Å². The first kappa shape index (κ1) is 23.5. The van der Waals surface area contributed by atoms with Crippen molar-refractivity contribution in [2.45, 2.75) is 62.4 Å². The van der Waals surface area contributed by atoms with Gasteiger partial charge < -0.3 is 15.0 Å². The number of aromatic nitrogens is 1. The first-order valence-corrected chi connectivity index (χ1v) is 13.1. The predicted octanol–water partition coefficient (Wildman–Crippen LogP) is 3.23. The Kier molecular flexibility index (Phi) is 7.49. The van der Waals surface area contributed by atoms with E-state index in [9.17, 15) is 13.2 Å². The maximum atomic E-state index is 13.0. The van der Waals surface area contributed by atoms with Gasteiger partial charge in [0.1, 0.15) is 16.5 Å². The number of rotatable bonds is 8. The number of piperidine rings is 1. The summed E-state index contributed by atoms with van der Waals surface area (Å²) in [5.41, 5.74) is 1.21. The molecule has 8 nitrogen and oxygen atoms in total. The molecule has 1 aromatic heterocycles. The van der Waals surface area contributed by atoms with Crippen molar-refractivity contribution in [3.63, 3.8) is 0 Å². The summed E-state index contributed by atoms with van der Waals surface area (Å²) in [6.45, 7) is 2.24. The lowest BCUT2D eigenvalue weighted by atomic mass is 10.1. The van der Waals surface area contributed by atoms with E-state index in [1.807, 2.05) is 12.1 Å². The molecule has 1 aliphatic heterocycles. The zero-order valence-corrected chi connectivity index (χ0v) is 19.9. The fraction of sp³-hybridized carbons (Fsp3) is 0.500. The molecular weight excluding hydrogens is 440 g/mol. The number of carbonyl (C=O) groups is 1. The van der Waals surface area contributed by atoms with Gasteiger partial charge in [0.25, 0.3) is 5.91 Å². The van der Waals surface area contributed by atoms with Crippen LogP contribution in [0, 0.1) is 0 Å². The zero-order valence-electron chi connectivity index (χ0n) is 19.0. The summed E-state index contributed by atoms with van der Waals surface area (Å²) >= 11 is 0. The van der Waals surface area contributed by atoms with E-state index in [2.05, 4.69) is 19.9 Å². The molecule has 1 amide bonds. The summed E-state index contributed by atoms with van der Waals surface area (Å²) in [6.07, 6.45) is 8.96. The maximum absolute atomic E-state index is 13.0. The third-order valence-corrected chi connectivity index (χ3v) is 7.90. The molecule has 33 heavy (non-hydrogen) atoms. The monoisotopic (exact) mass is 472 g/mol. The number of methoxy groups -OCH3 is 1. The normalized spacial score (nSPS) is 17.2. The SMILES string of the molecule is COc1ccc(C(=O)NCc2cccnc2N2CCCCC2)cc1S(=O)(=O)NC1CCCC1. The van der Waals surface area contributed by atoms with Crippen LogP contribution in [0.3, 0.4) is 0 Å². The number of pyridine rings is 1. The zero-order chi connectivity index (χ0) is 23.3. The van der Waals surface area contributed by atoms with Gasteiger partial charge in [-0.3, -0.25) is 4.79 Å².